The Bertz CT molecular complexity index is 981. The number of rotatable bonds is 12. The van der Waals surface area contributed by atoms with Gasteiger partial charge in [0, 0.05) is 6.54 Å². The lowest BCUT2D eigenvalue weighted by molar-refractivity contribution is -0.383. The predicted molar refractivity (Wildman–Crippen MR) is 119 cm³/mol. The van der Waals surface area contributed by atoms with Gasteiger partial charge >= 0.3 is 17.8 Å². The Morgan fingerprint density at radius 1 is 1.25 bits per heavy atom. The van der Waals surface area contributed by atoms with Crippen molar-refractivity contribution in [3.63, 3.8) is 0 Å². The van der Waals surface area contributed by atoms with Gasteiger partial charge in [0.05, 0.1) is 11.5 Å². The van der Waals surface area contributed by atoms with Gasteiger partial charge in [-0.05, 0) is 31.0 Å². The number of nitro groups is 1. The molecule has 1 aromatic heterocycles. The van der Waals surface area contributed by atoms with E-state index in [1.807, 2.05) is 6.07 Å². The zero-order chi connectivity index (χ0) is 23.5. The van der Waals surface area contributed by atoms with E-state index in [4.69, 9.17) is 19.9 Å². The van der Waals surface area contributed by atoms with Crippen molar-refractivity contribution in [3.05, 3.63) is 65.3 Å². The lowest BCUT2D eigenvalue weighted by Crippen LogP contribution is -2.35. The second-order valence-corrected chi connectivity index (χ2v) is 6.27. The van der Waals surface area contributed by atoms with Crippen molar-refractivity contribution < 1.29 is 23.9 Å². The Hall–Kier alpha value is -4.15. The van der Waals surface area contributed by atoms with E-state index in [0.29, 0.717) is 18.8 Å². The normalized spacial score (nSPS) is 10.2. The fourth-order valence-electron chi connectivity index (χ4n) is 2.67. The first kappa shape index (κ1) is 24.1. The maximum absolute atomic E-state index is 12.7. The molecule has 11 heteroatoms. The molecule has 0 radical (unpaired) electrons. The highest BCUT2D eigenvalue weighted by molar-refractivity contribution is 5.90. The molecule has 32 heavy (non-hydrogen) atoms. The molecule has 2 aromatic rings. The molecule has 0 aliphatic heterocycles. The number of ether oxygens (including phenoxy) is 3. The van der Waals surface area contributed by atoms with Crippen LogP contribution in [0, 0.1) is 10.1 Å². The van der Waals surface area contributed by atoms with Crippen LogP contribution in [-0.2, 0) is 11.2 Å². The summed E-state index contributed by atoms with van der Waals surface area (Å²) in [4.78, 5) is 32.5. The topological polar surface area (TPSA) is 143 Å². The molecule has 1 aromatic carbocycles. The Balaban J connectivity index is 2.41. The van der Waals surface area contributed by atoms with Crippen LogP contribution in [0.1, 0.15) is 12.5 Å². The van der Waals surface area contributed by atoms with E-state index < -0.39 is 22.5 Å². The summed E-state index contributed by atoms with van der Waals surface area (Å²) in [5.41, 5.74) is 5.99. The van der Waals surface area contributed by atoms with Gasteiger partial charge in [0.1, 0.15) is 19.0 Å². The first-order chi connectivity index (χ1) is 15.4. The summed E-state index contributed by atoms with van der Waals surface area (Å²) in [7, 11) is 0. The SMILES string of the molecule is C=CCOc1cccc(CCN(C(=O)OCC)c2nc(OCC=C)nc(N)c2[N+](=O)[O-])c1. The molecule has 0 aliphatic carbocycles. The summed E-state index contributed by atoms with van der Waals surface area (Å²) in [5.74, 6) is -0.130. The van der Waals surface area contributed by atoms with Gasteiger partial charge in [-0.25, -0.2) is 4.79 Å². The largest absolute Gasteiger partial charge is 0.490 e. The molecule has 0 spiro atoms. The van der Waals surface area contributed by atoms with Crippen molar-refractivity contribution in [2.45, 2.75) is 13.3 Å². The molecule has 0 saturated carbocycles. The molecule has 2 rings (SSSR count). The number of anilines is 2. The summed E-state index contributed by atoms with van der Waals surface area (Å²) in [5, 5.41) is 11.7. The molecule has 170 valence electrons. The highest BCUT2D eigenvalue weighted by Gasteiger charge is 2.32. The zero-order valence-corrected chi connectivity index (χ0v) is 17.7. The van der Waals surface area contributed by atoms with Crippen molar-refractivity contribution in [2.75, 3.05) is 37.0 Å². The van der Waals surface area contributed by atoms with Crippen LogP contribution in [0.15, 0.2) is 49.6 Å². The zero-order valence-electron chi connectivity index (χ0n) is 17.7. The molecule has 0 bridgehead atoms. The number of benzene rings is 1. The molecule has 2 N–H and O–H groups in total. The highest BCUT2D eigenvalue weighted by Crippen LogP contribution is 2.33. The van der Waals surface area contributed by atoms with E-state index in [0.717, 1.165) is 10.5 Å². The number of nitrogens with two attached hydrogens (primary N) is 1. The number of hydrogen-bond donors (Lipinski definition) is 1. The number of amides is 1. The number of carbonyl (C=O) groups is 1. The van der Waals surface area contributed by atoms with E-state index in [1.54, 1.807) is 31.2 Å². The highest BCUT2D eigenvalue weighted by atomic mass is 16.6. The van der Waals surface area contributed by atoms with E-state index in [2.05, 4.69) is 23.1 Å². The summed E-state index contributed by atoms with van der Waals surface area (Å²) in [6.45, 7) is 9.23. The molecule has 0 aliphatic rings. The number of nitrogen functional groups attached to an aromatic ring is 1. The Kier molecular flexibility index (Phi) is 8.96. The molecular weight excluding hydrogens is 418 g/mol. The summed E-state index contributed by atoms with van der Waals surface area (Å²) >= 11 is 0. The molecule has 11 nitrogen and oxygen atoms in total. The van der Waals surface area contributed by atoms with E-state index in [9.17, 15) is 14.9 Å². The van der Waals surface area contributed by atoms with Gasteiger partial charge in [0.25, 0.3) is 0 Å². The fourth-order valence-corrected chi connectivity index (χ4v) is 2.67. The smallest absolute Gasteiger partial charge is 0.415 e. The number of aromatic nitrogens is 2. The molecule has 0 atom stereocenters. The first-order valence-corrected chi connectivity index (χ1v) is 9.73. The average molecular weight is 443 g/mol. The van der Waals surface area contributed by atoms with E-state index in [-0.39, 0.29) is 31.6 Å². The number of nitrogens with zero attached hydrogens (tertiary/aromatic N) is 4. The van der Waals surface area contributed by atoms with Crippen LogP contribution in [0.4, 0.5) is 22.1 Å². The van der Waals surface area contributed by atoms with Gasteiger partial charge in [-0.15, -0.1) is 0 Å². The minimum Gasteiger partial charge on any atom is -0.490 e. The van der Waals surface area contributed by atoms with Crippen LogP contribution < -0.4 is 20.1 Å². The van der Waals surface area contributed by atoms with Gasteiger partial charge in [-0.2, -0.15) is 9.97 Å². The lowest BCUT2D eigenvalue weighted by Gasteiger charge is -2.21. The molecule has 0 saturated heterocycles. The molecular formula is C21H25N5O6. The molecule has 0 fully saturated rings. The predicted octanol–water partition coefficient (Wildman–Crippen LogP) is 3.30. The minimum absolute atomic E-state index is 0.0158. The quantitative estimate of drug-likeness (QED) is 0.297. The minimum atomic E-state index is -0.817. The second-order valence-electron chi connectivity index (χ2n) is 6.27. The van der Waals surface area contributed by atoms with Gasteiger partial charge in [0.15, 0.2) is 0 Å². The van der Waals surface area contributed by atoms with Crippen molar-refractivity contribution >= 4 is 23.4 Å². The number of hydrogen-bond acceptors (Lipinski definition) is 9. The fraction of sp³-hybridized carbons (Fsp3) is 0.286. The van der Waals surface area contributed by atoms with Crippen LogP contribution >= 0.6 is 0 Å². The van der Waals surface area contributed by atoms with Crippen molar-refractivity contribution in [2.24, 2.45) is 0 Å². The monoisotopic (exact) mass is 443 g/mol. The van der Waals surface area contributed by atoms with Crippen LogP contribution in [0.25, 0.3) is 0 Å². The van der Waals surface area contributed by atoms with Crippen LogP contribution in [0.5, 0.6) is 11.8 Å². The maximum atomic E-state index is 12.7. The number of carbonyl (C=O) groups excluding carboxylic acids is 1. The van der Waals surface area contributed by atoms with Gasteiger partial charge < -0.3 is 19.9 Å². The molecule has 0 unspecified atom stereocenters. The Morgan fingerprint density at radius 2 is 1.97 bits per heavy atom. The summed E-state index contributed by atoms with van der Waals surface area (Å²) < 4.78 is 15.9. The van der Waals surface area contributed by atoms with Crippen LogP contribution in [0.3, 0.4) is 0 Å². The third-order valence-electron chi connectivity index (χ3n) is 4.02. The summed E-state index contributed by atoms with van der Waals surface area (Å²) in [6.07, 6.45) is 2.58. The van der Waals surface area contributed by atoms with Gasteiger partial charge in [-0.1, -0.05) is 37.4 Å². The average Bonchev–Trinajstić information content (AvgIpc) is 2.76. The Morgan fingerprint density at radius 3 is 2.62 bits per heavy atom. The summed E-state index contributed by atoms with van der Waals surface area (Å²) in [6, 6.07) is 7.00. The van der Waals surface area contributed by atoms with Crippen molar-refractivity contribution in [3.8, 4) is 11.8 Å². The van der Waals surface area contributed by atoms with Crippen LogP contribution in [0.2, 0.25) is 0 Å². The van der Waals surface area contributed by atoms with Crippen LogP contribution in [-0.4, -0.2) is 47.3 Å². The Labute approximate surface area is 185 Å². The first-order valence-electron chi connectivity index (χ1n) is 9.73. The van der Waals surface area contributed by atoms with Crippen molar-refractivity contribution in [1.29, 1.82) is 0 Å². The van der Waals surface area contributed by atoms with Crippen molar-refractivity contribution in [1.82, 2.24) is 9.97 Å². The molecule has 1 heterocycles. The third-order valence-corrected chi connectivity index (χ3v) is 4.02. The third kappa shape index (κ3) is 6.42. The van der Waals surface area contributed by atoms with Gasteiger partial charge in [-0.3, -0.25) is 15.0 Å². The second kappa shape index (κ2) is 11.9. The molecule has 1 amide bonds. The van der Waals surface area contributed by atoms with E-state index in [1.165, 1.54) is 6.08 Å². The lowest BCUT2D eigenvalue weighted by atomic mass is 10.1. The standard InChI is InChI=1S/C21H25N5O6/c1-4-12-31-16-9-7-8-15(14-16)10-11-25(21(27)30-6-3)19-17(26(28)29)18(22)23-20(24-19)32-13-5-2/h4-5,7-9,14H,1-2,6,10-13H2,3H3,(H2,22,23,24). The van der Waals surface area contributed by atoms with Gasteiger partial charge in [0.2, 0.25) is 11.6 Å². The maximum Gasteiger partial charge on any atom is 0.415 e. The van der Waals surface area contributed by atoms with E-state index >= 15 is 0 Å².